The molecule has 0 fully saturated rings. The lowest BCUT2D eigenvalue weighted by Crippen LogP contribution is -2.21. The number of hydrogen-bond acceptors (Lipinski definition) is 2. The SMILES string of the molecule is CN1C=CN(c2ccc(Cl)cc2)C1.I. The summed E-state index contributed by atoms with van der Waals surface area (Å²) in [5.74, 6) is 0. The van der Waals surface area contributed by atoms with Crippen LogP contribution in [0.15, 0.2) is 36.7 Å². The summed E-state index contributed by atoms with van der Waals surface area (Å²) in [5, 5.41) is 0.778. The first-order valence-electron chi connectivity index (χ1n) is 4.16. The fourth-order valence-electron chi connectivity index (χ4n) is 1.33. The molecule has 1 aliphatic heterocycles. The van der Waals surface area contributed by atoms with E-state index in [2.05, 4.69) is 22.2 Å². The summed E-state index contributed by atoms with van der Waals surface area (Å²) in [4.78, 5) is 4.28. The van der Waals surface area contributed by atoms with Crippen LogP contribution >= 0.6 is 35.6 Å². The lowest BCUT2D eigenvalue weighted by molar-refractivity contribution is 0.496. The third-order valence-corrected chi connectivity index (χ3v) is 2.29. The van der Waals surface area contributed by atoms with Crippen molar-refractivity contribution in [1.29, 1.82) is 0 Å². The maximum absolute atomic E-state index is 5.80. The Bertz CT molecular complexity index is 323. The molecule has 0 aliphatic carbocycles. The van der Waals surface area contributed by atoms with Crippen LogP contribution in [0.1, 0.15) is 0 Å². The molecule has 2 nitrogen and oxygen atoms in total. The third kappa shape index (κ3) is 2.54. The summed E-state index contributed by atoms with van der Waals surface area (Å²) in [6.45, 7) is 0.904. The maximum Gasteiger partial charge on any atom is 0.0938 e. The number of rotatable bonds is 1. The van der Waals surface area contributed by atoms with E-state index in [1.165, 1.54) is 5.69 Å². The van der Waals surface area contributed by atoms with Gasteiger partial charge in [-0.15, -0.1) is 24.0 Å². The third-order valence-electron chi connectivity index (χ3n) is 2.03. The number of anilines is 1. The van der Waals surface area contributed by atoms with Gasteiger partial charge in [0.2, 0.25) is 0 Å². The Morgan fingerprint density at radius 3 is 2.29 bits per heavy atom. The van der Waals surface area contributed by atoms with Crippen molar-refractivity contribution in [3.8, 4) is 0 Å². The molecule has 0 N–H and O–H groups in total. The zero-order valence-electron chi connectivity index (χ0n) is 7.85. The van der Waals surface area contributed by atoms with Gasteiger partial charge in [0.15, 0.2) is 0 Å². The van der Waals surface area contributed by atoms with Crippen LogP contribution in [0.4, 0.5) is 5.69 Å². The zero-order chi connectivity index (χ0) is 9.26. The molecule has 0 aromatic heterocycles. The second-order valence-corrected chi connectivity index (χ2v) is 3.58. The summed E-state index contributed by atoms with van der Waals surface area (Å²) in [7, 11) is 2.05. The lowest BCUT2D eigenvalue weighted by Gasteiger charge is -2.17. The van der Waals surface area contributed by atoms with Gasteiger partial charge in [0.1, 0.15) is 0 Å². The molecule has 0 bridgehead atoms. The highest BCUT2D eigenvalue weighted by atomic mass is 127. The van der Waals surface area contributed by atoms with Crippen LogP contribution in [0.25, 0.3) is 0 Å². The van der Waals surface area contributed by atoms with E-state index in [4.69, 9.17) is 11.6 Å². The van der Waals surface area contributed by atoms with Gasteiger partial charge in [0, 0.05) is 30.2 Å². The van der Waals surface area contributed by atoms with Gasteiger partial charge in [0.05, 0.1) is 6.67 Å². The van der Waals surface area contributed by atoms with E-state index in [9.17, 15) is 0 Å². The summed E-state index contributed by atoms with van der Waals surface area (Å²) < 4.78 is 0. The Hall–Kier alpha value is -0.420. The molecule has 1 aliphatic rings. The number of hydrogen-bond donors (Lipinski definition) is 0. The van der Waals surface area contributed by atoms with E-state index in [1.807, 2.05) is 31.3 Å². The van der Waals surface area contributed by atoms with E-state index >= 15 is 0 Å². The van der Waals surface area contributed by atoms with Crippen molar-refractivity contribution in [1.82, 2.24) is 4.90 Å². The number of benzene rings is 1. The zero-order valence-corrected chi connectivity index (χ0v) is 10.9. The van der Waals surface area contributed by atoms with Crippen LogP contribution < -0.4 is 4.90 Å². The van der Waals surface area contributed by atoms with Gasteiger partial charge in [-0.25, -0.2) is 0 Å². The minimum atomic E-state index is 0. The van der Waals surface area contributed by atoms with Gasteiger partial charge in [-0.05, 0) is 24.3 Å². The van der Waals surface area contributed by atoms with Crippen LogP contribution in [-0.2, 0) is 0 Å². The van der Waals surface area contributed by atoms with Crippen LogP contribution in [0.5, 0.6) is 0 Å². The molecule has 4 heteroatoms. The fraction of sp³-hybridized carbons (Fsp3) is 0.200. The van der Waals surface area contributed by atoms with Gasteiger partial charge < -0.3 is 9.80 Å². The molecule has 0 spiro atoms. The molecule has 0 saturated heterocycles. The smallest absolute Gasteiger partial charge is 0.0938 e. The molecular weight excluding hydrogens is 310 g/mol. The van der Waals surface area contributed by atoms with Crippen molar-refractivity contribution in [3.63, 3.8) is 0 Å². The van der Waals surface area contributed by atoms with Gasteiger partial charge in [0.25, 0.3) is 0 Å². The minimum absolute atomic E-state index is 0. The first-order chi connectivity index (χ1) is 6.25. The molecular formula is C10H12ClIN2. The van der Waals surface area contributed by atoms with Crippen molar-refractivity contribution in [2.75, 3.05) is 18.6 Å². The Kier molecular flexibility index (Phi) is 4.07. The van der Waals surface area contributed by atoms with Crippen LogP contribution in [-0.4, -0.2) is 18.6 Å². The van der Waals surface area contributed by atoms with Gasteiger partial charge >= 0.3 is 0 Å². The Morgan fingerprint density at radius 2 is 1.79 bits per heavy atom. The van der Waals surface area contributed by atoms with E-state index < -0.39 is 0 Å². The summed E-state index contributed by atoms with van der Waals surface area (Å²) in [6, 6.07) is 7.85. The summed E-state index contributed by atoms with van der Waals surface area (Å²) in [5.41, 5.74) is 1.17. The van der Waals surface area contributed by atoms with Crippen molar-refractivity contribution >= 4 is 41.3 Å². The van der Waals surface area contributed by atoms with Gasteiger partial charge in [-0.1, -0.05) is 11.6 Å². The monoisotopic (exact) mass is 322 g/mol. The first kappa shape index (κ1) is 11.7. The van der Waals surface area contributed by atoms with Gasteiger partial charge in [-0.3, -0.25) is 0 Å². The van der Waals surface area contributed by atoms with E-state index in [1.54, 1.807) is 0 Å². The quantitative estimate of drug-likeness (QED) is 0.733. The van der Waals surface area contributed by atoms with E-state index in [0.29, 0.717) is 0 Å². The maximum atomic E-state index is 5.80. The predicted molar refractivity (Wildman–Crippen MR) is 71.1 cm³/mol. The molecule has 1 heterocycles. The van der Waals surface area contributed by atoms with Crippen molar-refractivity contribution in [2.24, 2.45) is 0 Å². The molecule has 14 heavy (non-hydrogen) atoms. The highest BCUT2D eigenvalue weighted by molar-refractivity contribution is 14.0. The summed E-state index contributed by atoms with van der Waals surface area (Å²) in [6.07, 6.45) is 4.11. The normalized spacial score (nSPS) is 14.4. The second-order valence-electron chi connectivity index (χ2n) is 3.14. The van der Waals surface area contributed by atoms with Crippen molar-refractivity contribution in [3.05, 3.63) is 41.7 Å². The molecule has 0 amide bonds. The minimum Gasteiger partial charge on any atom is -0.361 e. The lowest BCUT2D eigenvalue weighted by atomic mass is 10.3. The highest BCUT2D eigenvalue weighted by Gasteiger charge is 2.09. The summed E-state index contributed by atoms with van der Waals surface area (Å²) >= 11 is 5.80. The molecule has 1 aromatic carbocycles. The number of halogens is 2. The Labute approximate surface area is 106 Å². The predicted octanol–water partition coefficient (Wildman–Crippen LogP) is 3.14. The molecule has 1 aromatic rings. The topological polar surface area (TPSA) is 6.48 Å². The fourth-order valence-corrected chi connectivity index (χ4v) is 1.46. The standard InChI is InChI=1S/C10H11ClN2.HI/c1-12-6-7-13(8-12)10-4-2-9(11)3-5-10;/h2-7H,8H2,1H3;1H. The second kappa shape index (κ2) is 4.89. The van der Waals surface area contributed by atoms with Gasteiger partial charge in [-0.2, -0.15) is 0 Å². The molecule has 0 atom stereocenters. The van der Waals surface area contributed by atoms with Crippen LogP contribution in [0, 0.1) is 0 Å². The molecule has 0 unspecified atom stereocenters. The number of nitrogens with zero attached hydrogens (tertiary/aromatic N) is 2. The van der Waals surface area contributed by atoms with E-state index in [-0.39, 0.29) is 24.0 Å². The van der Waals surface area contributed by atoms with Crippen molar-refractivity contribution < 1.29 is 0 Å². The molecule has 0 radical (unpaired) electrons. The highest BCUT2D eigenvalue weighted by Crippen LogP contribution is 2.20. The van der Waals surface area contributed by atoms with Crippen LogP contribution in [0.3, 0.4) is 0 Å². The molecule has 0 saturated carbocycles. The largest absolute Gasteiger partial charge is 0.361 e. The first-order valence-corrected chi connectivity index (χ1v) is 4.54. The Morgan fingerprint density at radius 1 is 1.14 bits per heavy atom. The molecule has 76 valence electrons. The molecule has 2 rings (SSSR count). The van der Waals surface area contributed by atoms with E-state index in [0.717, 1.165) is 11.7 Å². The van der Waals surface area contributed by atoms with Crippen LogP contribution in [0.2, 0.25) is 5.02 Å². The average Bonchev–Trinajstić information content (AvgIpc) is 2.53. The van der Waals surface area contributed by atoms with Crippen molar-refractivity contribution in [2.45, 2.75) is 0 Å². The average molecular weight is 323 g/mol. The Balaban J connectivity index is 0.000000980.